The molecule has 1 saturated heterocycles. The van der Waals surface area contributed by atoms with Crippen LogP contribution < -0.4 is 9.64 Å². The highest BCUT2D eigenvalue weighted by Crippen LogP contribution is 2.15. The first-order valence-electron chi connectivity index (χ1n) is 7.55. The number of halogens is 1. The van der Waals surface area contributed by atoms with Gasteiger partial charge >= 0.3 is 5.97 Å². The number of benzene rings is 1. The molecule has 0 bridgehead atoms. The predicted octanol–water partition coefficient (Wildman–Crippen LogP) is 1.72. The number of piperidine rings is 1. The summed E-state index contributed by atoms with van der Waals surface area (Å²) in [4.78, 5) is 13.3. The Bertz CT molecular complexity index is 443. The van der Waals surface area contributed by atoms with Gasteiger partial charge in [0.05, 0.1) is 13.1 Å². The molecule has 4 nitrogen and oxygen atoms in total. The van der Waals surface area contributed by atoms with Crippen molar-refractivity contribution in [2.45, 2.75) is 32.3 Å². The van der Waals surface area contributed by atoms with Crippen LogP contribution in [0.1, 0.15) is 26.2 Å². The standard InChI is InChI=1S/C16H22ClNO3/c1-13(11-18-9-3-2-4-10-18)21-16(19)12-20-15-7-5-14(17)6-8-15/h5-8,13H,2-4,9-12H2,1H3/p+1. The highest BCUT2D eigenvalue weighted by Gasteiger charge is 2.19. The van der Waals surface area contributed by atoms with E-state index < -0.39 is 0 Å². The number of esters is 1. The summed E-state index contributed by atoms with van der Waals surface area (Å²) in [6.45, 7) is 5.13. The van der Waals surface area contributed by atoms with E-state index in [1.54, 1.807) is 24.3 Å². The van der Waals surface area contributed by atoms with Gasteiger partial charge in [-0.05, 0) is 50.5 Å². The molecule has 1 aliphatic rings. The molecule has 116 valence electrons. The fourth-order valence-corrected chi connectivity index (χ4v) is 2.76. The first-order valence-corrected chi connectivity index (χ1v) is 7.92. The molecule has 1 aromatic rings. The molecule has 1 unspecified atom stereocenters. The Hall–Kier alpha value is -1.26. The lowest BCUT2D eigenvalue weighted by atomic mass is 10.1. The molecular weight excluding hydrogens is 290 g/mol. The topological polar surface area (TPSA) is 40.0 Å². The summed E-state index contributed by atoms with van der Waals surface area (Å²) >= 11 is 5.79. The Morgan fingerprint density at radius 2 is 1.90 bits per heavy atom. The summed E-state index contributed by atoms with van der Waals surface area (Å²) in [7, 11) is 0. The second-order valence-corrected chi connectivity index (χ2v) is 5.99. The highest BCUT2D eigenvalue weighted by molar-refractivity contribution is 6.30. The minimum atomic E-state index is -0.325. The van der Waals surface area contributed by atoms with Gasteiger partial charge in [-0.15, -0.1) is 0 Å². The number of quaternary nitrogens is 1. The van der Waals surface area contributed by atoms with Crippen molar-refractivity contribution in [2.75, 3.05) is 26.2 Å². The van der Waals surface area contributed by atoms with Gasteiger partial charge < -0.3 is 14.4 Å². The third kappa shape index (κ3) is 5.94. The number of nitrogens with one attached hydrogen (secondary N) is 1. The molecule has 1 fully saturated rings. The lowest BCUT2D eigenvalue weighted by Gasteiger charge is -2.26. The van der Waals surface area contributed by atoms with E-state index in [4.69, 9.17) is 21.1 Å². The summed E-state index contributed by atoms with van der Waals surface area (Å²) in [6, 6.07) is 6.92. The third-order valence-electron chi connectivity index (χ3n) is 3.64. The Kier molecular flexibility index (Phi) is 6.33. The zero-order valence-electron chi connectivity index (χ0n) is 12.4. The van der Waals surface area contributed by atoms with Gasteiger partial charge in [-0.25, -0.2) is 4.79 Å². The van der Waals surface area contributed by atoms with Crippen molar-refractivity contribution in [1.82, 2.24) is 0 Å². The van der Waals surface area contributed by atoms with Crippen molar-refractivity contribution < 1.29 is 19.2 Å². The molecule has 0 amide bonds. The number of carbonyl (C=O) groups excluding carboxylic acids is 1. The second kappa shape index (κ2) is 8.25. The minimum absolute atomic E-state index is 0.0681. The van der Waals surface area contributed by atoms with E-state index in [-0.39, 0.29) is 18.7 Å². The van der Waals surface area contributed by atoms with Crippen molar-refractivity contribution in [3.8, 4) is 5.75 Å². The lowest BCUT2D eigenvalue weighted by Crippen LogP contribution is -3.13. The van der Waals surface area contributed by atoms with Gasteiger partial charge in [-0.1, -0.05) is 11.6 Å². The van der Waals surface area contributed by atoms with Gasteiger partial charge in [0.1, 0.15) is 18.4 Å². The molecule has 1 atom stereocenters. The number of hydrogen-bond donors (Lipinski definition) is 1. The molecule has 2 rings (SSSR count). The lowest BCUT2D eigenvalue weighted by molar-refractivity contribution is -0.907. The van der Waals surface area contributed by atoms with E-state index in [0.717, 1.165) is 6.54 Å². The van der Waals surface area contributed by atoms with Gasteiger partial charge in [0.15, 0.2) is 6.61 Å². The molecule has 5 heteroatoms. The number of hydrogen-bond acceptors (Lipinski definition) is 3. The van der Waals surface area contributed by atoms with Crippen molar-refractivity contribution in [3.63, 3.8) is 0 Å². The second-order valence-electron chi connectivity index (χ2n) is 5.56. The Morgan fingerprint density at radius 3 is 2.57 bits per heavy atom. The summed E-state index contributed by atoms with van der Waals surface area (Å²) in [5.74, 6) is 0.291. The normalized spacial score (nSPS) is 17.2. The fourth-order valence-electron chi connectivity index (χ4n) is 2.64. The van der Waals surface area contributed by atoms with E-state index in [1.807, 2.05) is 6.92 Å². The summed E-state index contributed by atoms with van der Waals surface area (Å²) in [6.07, 6.45) is 3.80. The van der Waals surface area contributed by atoms with Crippen LogP contribution in [0, 0.1) is 0 Å². The Balaban J connectivity index is 1.67. The maximum atomic E-state index is 11.8. The fraction of sp³-hybridized carbons (Fsp3) is 0.562. The van der Waals surface area contributed by atoms with E-state index in [9.17, 15) is 4.79 Å². The van der Waals surface area contributed by atoms with Crippen LogP contribution in [0.15, 0.2) is 24.3 Å². The van der Waals surface area contributed by atoms with Crippen LogP contribution in [0.4, 0.5) is 0 Å². The van der Waals surface area contributed by atoms with E-state index in [0.29, 0.717) is 10.8 Å². The first-order chi connectivity index (χ1) is 10.1. The van der Waals surface area contributed by atoms with Crippen LogP contribution in [0.5, 0.6) is 5.75 Å². The molecule has 1 heterocycles. The molecule has 0 spiro atoms. The van der Waals surface area contributed by atoms with Crippen molar-refractivity contribution >= 4 is 17.6 Å². The van der Waals surface area contributed by atoms with Crippen LogP contribution in [-0.2, 0) is 9.53 Å². The van der Waals surface area contributed by atoms with Crippen LogP contribution in [-0.4, -0.2) is 38.3 Å². The smallest absolute Gasteiger partial charge is 0.344 e. The van der Waals surface area contributed by atoms with Gasteiger partial charge in [-0.2, -0.15) is 0 Å². The number of ether oxygens (including phenoxy) is 2. The van der Waals surface area contributed by atoms with Crippen molar-refractivity contribution in [3.05, 3.63) is 29.3 Å². The molecule has 0 aliphatic carbocycles. The molecule has 0 aromatic heterocycles. The molecule has 1 aromatic carbocycles. The van der Waals surface area contributed by atoms with E-state index >= 15 is 0 Å². The predicted molar refractivity (Wildman–Crippen MR) is 81.9 cm³/mol. The summed E-state index contributed by atoms with van der Waals surface area (Å²) < 4.78 is 10.8. The average molecular weight is 313 g/mol. The zero-order valence-corrected chi connectivity index (χ0v) is 13.2. The average Bonchev–Trinajstić information content (AvgIpc) is 2.47. The molecule has 0 saturated carbocycles. The van der Waals surface area contributed by atoms with Crippen LogP contribution in [0.2, 0.25) is 5.02 Å². The van der Waals surface area contributed by atoms with Crippen LogP contribution in [0.25, 0.3) is 0 Å². The zero-order chi connectivity index (χ0) is 15.1. The van der Waals surface area contributed by atoms with Gasteiger partial charge in [0, 0.05) is 5.02 Å². The number of likely N-dealkylation sites (tertiary alicyclic amines) is 1. The number of carbonyl (C=O) groups is 1. The first kappa shape index (κ1) is 16.1. The highest BCUT2D eigenvalue weighted by atomic mass is 35.5. The van der Waals surface area contributed by atoms with Gasteiger partial charge in [0.2, 0.25) is 0 Å². The van der Waals surface area contributed by atoms with E-state index in [1.165, 1.54) is 37.3 Å². The monoisotopic (exact) mass is 312 g/mol. The summed E-state index contributed by atoms with van der Waals surface area (Å²) in [5, 5.41) is 0.642. The maximum absolute atomic E-state index is 11.8. The van der Waals surface area contributed by atoms with Gasteiger partial charge in [-0.3, -0.25) is 0 Å². The Morgan fingerprint density at radius 1 is 1.24 bits per heavy atom. The van der Waals surface area contributed by atoms with E-state index in [2.05, 4.69) is 0 Å². The quantitative estimate of drug-likeness (QED) is 0.813. The molecule has 1 N–H and O–H groups in total. The van der Waals surface area contributed by atoms with Crippen LogP contribution in [0.3, 0.4) is 0 Å². The largest absolute Gasteiger partial charge is 0.482 e. The molecule has 1 aliphatic heterocycles. The van der Waals surface area contributed by atoms with Crippen LogP contribution >= 0.6 is 11.6 Å². The molecule has 0 radical (unpaired) electrons. The Labute approximate surface area is 131 Å². The maximum Gasteiger partial charge on any atom is 0.344 e. The van der Waals surface area contributed by atoms with Crippen molar-refractivity contribution in [2.24, 2.45) is 0 Å². The molecule has 21 heavy (non-hydrogen) atoms. The SMILES string of the molecule is CC(C[NH+]1CCCCC1)OC(=O)COc1ccc(Cl)cc1. The minimum Gasteiger partial charge on any atom is -0.482 e. The third-order valence-corrected chi connectivity index (χ3v) is 3.89. The summed E-state index contributed by atoms with van der Waals surface area (Å²) in [5.41, 5.74) is 0. The van der Waals surface area contributed by atoms with Gasteiger partial charge in [0.25, 0.3) is 0 Å². The number of rotatable bonds is 6. The molecular formula is C16H23ClNO3+. The van der Waals surface area contributed by atoms with Crippen molar-refractivity contribution in [1.29, 1.82) is 0 Å².